The number of hydrogen-bond acceptors (Lipinski definition) is 5. The molecular formula is C28H28N4O5. The van der Waals surface area contributed by atoms with Gasteiger partial charge < -0.3 is 25.5 Å². The van der Waals surface area contributed by atoms with Gasteiger partial charge >= 0.3 is 12.1 Å². The standard InChI is InChI=1S/C28H28N4O5/c1-28(2,3)37-27(36)29-12-11-24(33)32-21-6-4-5-19(13-21)20-14-22-23(16-31-25(22)30-15-20)17-7-9-18(10-8-17)26(34)35/h4-10,13-16H,11-12H2,1-3H3,(H,29,36)(H,30,31)(H,32,33)(H,34,35). The van der Waals surface area contributed by atoms with E-state index in [4.69, 9.17) is 9.84 Å². The number of hydrogen-bond donors (Lipinski definition) is 4. The van der Waals surface area contributed by atoms with Gasteiger partial charge in [0.1, 0.15) is 11.2 Å². The number of fused-ring (bicyclic) bond motifs is 1. The molecule has 0 saturated heterocycles. The van der Waals surface area contributed by atoms with Crippen LogP contribution in [0.4, 0.5) is 10.5 Å². The molecule has 0 unspecified atom stereocenters. The summed E-state index contributed by atoms with van der Waals surface area (Å²) in [4.78, 5) is 43.0. The van der Waals surface area contributed by atoms with Gasteiger partial charge in [0, 0.05) is 47.6 Å². The zero-order valence-corrected chi connectivity index (χ0v) is 20.8. The fourth-order valence-corrected chi connectivity index (χ4v) is 3.78. The molecule has 4 aromatic rings. The van der Waals surface area contributed by atoms with Crippen LogP contribution in [0.5, 0.6) is 0 Å². The molecule has 0 spiro atoms. The van der Waals surface area contributed by atoms with Crippen LogP contribution in [-0.4, -0.2) is 45.2 Å². The fraction of sp³-hybridized carbons (Fsp3) is 0.214. The largest absolute Gasteiger partial charge is 0.478 e. The van der Waals surface area contributed by atoms with Crippen LogP contribution in [-0.2, 0) is 9.53 Å². The summed E-state index contributed by atoms with van der Waals surface area (Å²) in [7, 11) is 0. The van der Waals surface area contributed by atoms with E-state index in [0.29, 0.717) is 11.3 Å². The number of carbonyl (C=O) groups excluding carboxylic acids is 2. The maximum atomic E-state index is 12.4. The number of pyridine rings is 1. The second-order valence-corrected chi connectivity index (χ2v) is 9.51. The van der Waals surface area contributed by atoms with Crippen molar-refractivity contribution in [3.63, 3.8) is 0 Å². The molecule has 4 rings (SSSR count). The number of H-pyrrole nitrogens is 1. The Morgan fingerprint density at radius 3 is 2.46 bits per heavy atom. The van der Waals surface area contributed by atoms with E-state index in [1.54, 1.807) is 57.3 Å². The molecule has 0 bridgehead atoms. The SMILES string of the molecule is CC(C)(C)OC(=O)NCCC(=O)Nc1cccc(-c2cnc3[nH]cc(-c4ccc(C(=O)O)cc4)c3c2)c1. The molecular weight excluding hydrogens is 472 g/mol. The minimum absolute atomic E-state index is 0.102. The molecule has 190 valence electrons. The van der Waals surface area contributed by atoms with Gasteiger partial charge in [-0.25, -0.2) is 14.6 Å². The number of nitrogens with zero attached hydrogens (tertiary/aromatic N) is 1. The second kappa shape index (κ2) is 10.5. The van der Waals surface area contributed by atoms with Gasteiger partial charge in [0.2, 0.25) is 5.91 Å². The number of alkyl carbamates (subject to hydrolysis) is 1. The third-order valence-corrected chi connectivity index (χ3v) is 5.47. The lowest BCUT2D eigenvalue weighted by molar-refractivity contribution is -0.116. The van der Waals surface area contributed by atoms with Crippen molar-refractivity contribution in [3.8, 4) is 22.3 Å². The molecule has 0 aliphatic rings. The van der Waals surface area contributed by atoms with Crippen LogP contribution in [0.1, 0.15) is 37.6 Å². The number of aromatic nitrogens is 2. The highest BCUT2D eigenvalue weighted by molar-refractivity contribution is 5.97. The number of rotatable bonds is 7. The van der Waals surface area contributed by atoms with Crippen molar-refractivity contribution in [2.24, 2.45) is 0 Å². The Morgan fingerprint density at radius 2 is 1.76 bits per heavy atom. The molecule has 9 nitrogen and oxygen atoms in total. The van der Waals surface area contributed by atoms with E-state index in [-0.39, 0.29) is 24.4 Å². The van der Waals surface area contributed by atoms with Crippen LogP contribution in [0.25, 0.3) is 33.3 Å². The van der Waals surface area contributed by atoms with Crippen molar-refractivity contribution in [3.05, 3.63) is 72.6 Å². The number of amides is 2. The van der Waals surface area contributed by atoms with Crippen LogP contribution in [0.3, 0.4) is 0 Å². The molecule has 9 heteroatoms. The molecule has 0 saturated carbocycles. The van der Waals surface area contributed by atoms with Crippen LogP contribution in [0.2, 0.25) is 0 Å². The number of nitrogens with one attached hydrogen (secondary N) is 3. The molecule has 0 atom stereocenters. The van der Waals surface area contributed by atoms with Gasteiger partial charge in [-0.1, -0.05) is 24.3 Å². The van der Waals surface area contributed by atoms with Gasteiger partial charge in [0.25, 0.3) is 0 Å². The summed E-state index contributed by atoms with van der Waals surface area (Å²) >= 11 is 0. The van der Waals surface area contributed by atoms with E-state index in [1.807, 2.05) is 30.5 Å². The number of aromatic amines is 1. The summed E-state index contributed by atoms with van der Waals surface area (Å²) < 4.78 is 5.16. The van der Waals surface area contributed by atoms with Crippen molar-refractivity contribution in [1.82, 2.24) is 15.3 Å². The zero-order chi connectivity index (χ0) is 26.6. The lowest BCUT2D eigenvalue weighted by Crippen LogP contribution is -2.34. The lowest BCUT2D eigenvalue weighted by atomic mass is 10.0. The van der Waals surface area contributed by atoms with Crippen LogP contribution in [0.15, 0.2) is 67.0 Å². The molecule has 37 heavy (non-hydrogen) atoms. The van der Waals surface area contributed by atoms with Crippen molar-refractivity contribution in [1.29, 1.82) is 0 Å². The summed E-state index contributed by atoms with van der Waals surface area (Å²) in [5.74, 6) is -1.21. The number of carbonyl (C=O) groups is 3. The molecule has 4 N–H and O–H groups in total. The second-order valence-electron chi connectivity index (χ2n) is 9.51. The van der Waals surface area contributed by atoms with Gasteiger partial charge in [-0.15, -0.1) is 0 Å². The van der Waals surface area contributed by atoms with Crippen molar-refractivity contribution in [2.45, 2.75) is 32.8 Å². The first kappa shape index (κ1) is 25.4. The monoisotopic (exact) mass is 500 g/mol. The summed E-state index contributed by atoms with van der Waals surface area (Å²) in [6.07, 6.45) is 3.14. The van der Waals surface area contributed by atoms with Gasteiger partial charge in [-0.3, -0.25) is 4.79 Å². The quantitative estimate of drug-likeness (QED) is 0.267. The topological polar surface area (TPSA) is 133 Å². The van der Waals surface area contributed by atoms with Gasteiger partial charge in [-0.2, -0.15) is 0 Å². The molecule has 0 fully saturated rings. The molecule has 2 aromatic carbocycles. The molecule has 2 aromatic heterocycles. The molecule has 2 heterocycles. The average molecular weight is 501 g/mol. The van der Waals surface area contributed by atoms with E-state index in [0.717, 1.165) is 27.6 Å². The van der Waals surface area contributed by atoms with E-state index in [1.165, 1.54) is 0 Å². The maximum absolute atomic E-state index is 12.4. The number of anilines is 1. The van der Waals surface area contributed by atoms with Crippen molar-refractivity contribution >= 4 is 34.7 Å². The first-order valence-corrected chi connectivity index (χ1v) is 11.8. The summed E-state index contributed by atoms with van der Waals surface area (Å²) in [6.45, 7) is 5.48. The number of carboxylic acid groups (broad SMARTS) is 1. The minimum Gasteiger partial charge on any atom is -0.478 e. The lowest BCUT2D eigenvalue weighted by Gasteiger charge is -2.19. The Hall–Kier alpha value is -4.66. The first-order valence-electron chi connectivity index (χ1n) is 11.8. The third kappa shape index (κ3) is 6.52. The Balaban J connectivity index is 1.46. The highest BCUT2D eigenvalue weighted by Gasteiger charge is 2.16. The van der Waals surface area contributed by atoms with E-state index in [9.17, 15) is 14.4 Å². The number of carboxylic acids is 1. The predicted molar refractivity (Wildman–Crippen MR) is 141 cm³/mol. The predicted octanol–water partition coefficient (Wildman–Crippen LogP) is 5.45. The highest BCUT2D eigenvalue weighted by atomic mass is 16.6. The van der Waals surface area contributed by atoms with Crippen molar-refractivity contribution in [2.75, 3.05) is 11.9 Å². The molecule has 0 aliphatic carbocycles. The summed E-state index contributed by atoms with van der Waals surface area (Å²) in [5.41, 5.74) is 4.46. The molecule has 0 radical (unpaired) electrons. The number of aromatic carboxylic acids is 1. The fourth-order valence-electron chi connectivity index (χ4n) is 3.78. The van der Waals surface area contributed by atoms with Crippen LogP contribution < -0.4 is 10.6 Å². The van der Waals surface area contributed by atoms with Crippen molar-refractivity contribution < 1.29 is 24.2 Å². The first-order chi connectivity index (χ1) is 17.6. The average Bonchev–Trinajstić information content (AvgIpc) is 3.26. The maximum Gasteiger partial charge on any atom is 0.407 e. The minimum atomic E-state index is -0.972. The van der Waals surface area contributed by atoms with E-state index >= 15 is 0 Å². The van der Waals surface area contributed by atoms with E-state index < -0.39 is 17.7 Å². The van der Waals surface area contributed by atoms with Gasteiger partial charge in [0.05, 0.1) is 5.56 Å². The Morgan fingerprint density at radius 1 is 1.00 bits per heavy atom. The highest BCUT2D eigenvalue weighted by Crippen LogP contribution is 2.32. The van der Waals surface area contributed by atoms with Crippen LogP contribution in [0, 0.1) is 0 Å². The Bertz CT molecular complexity index is 1450. The van der Waals surface area contributed by atoms with Gasteiger partial charge in [-0.05, 0) is 62.2 Å². The van der Waals surface area contributed by atoms with Gasteiger partial charge in [0.15, 0.2) is 0 Å². The van der Waals surface area contributed by atoms with Crippen LogP contribution >= 0.6 is 0 Å². The molecule has 2 amide bonds. The normalized spacial score (nSPS) is 11.2. The smallest absolute Gasteiger partial charge is 0.407 e. The summed E-state index contributed by atoms with van der Waals surface area (Å²) in [5, 5.41) is 15.5. The number of benzene rings is 2. The number of ether oxygens (including phenoxy) is 1. The Labute approximate surface area is 213 Å². The Kier molecular flexibility index (Phi) is 7.24. The molecule has 0 aliphatic heterocycles. The van der Waals surface area contributed by atoms with E-state index in [2.05, 4.69) is 20.6 Å². The summed E-state index contributed by atoms with van der Waals surface area (Å²) in [6, 6.07) is 16.1. The third-order valence-electron chi connectivity index (χ3n) is 5.47. The zero-order valence-electron chi connectivity index (χ0n) is 20.8.